The van der Waals surface area contributed by atoms with Gasteiger partial charge in [-0.3, -0.25) is 10.1 Å². The number of nitro groups is 1. The number of halogens is 2. The molecule has 7 heteroatoms. The van der Waals surface area contributed by atoms with Gasteiger partial charge in [0.05, 0.1) is 17.1 Å². The Hall–Kier alpha value is -2.21. The van der Waals surface area contributed by atoms with Gasteiger partial charge in [-0.05, 0) is 17.7 Å². The van der Waals surface area contributed by atoms with Crippen molar-refractivity contribution in [3.63, 3.8) is 0 Å². The molecule has 0 fully saturated rings. The number of pyridine rings is 1. The molecule has 1 heterocycles. The van der Waals surface area contributed by atoms with Gasteiger partial charge in [0.25, 0.3) is 5.69 Å². The Balaban J connectivity index is 2.22. The minimum Gasteiger partial charge on any atom is -0.355 e. The third kappa shape index (κ3) is 3.42. The quantitative estimate of drug-likeness (QED) is 0.492. The van der Waals surface area contributed by atoms with E-state index >= 15 is 0 Å². The Morgan fingerprint density at radius 3 is 2.60 bits per heavy atom. The van der Waals surface area contributed by atoms with Crippen molar-refractivity contribution in [2.45, 2.75) is 6.54 Å². The topological polar surface area (TPSA) is 59.3 Å². The highest BCUT2D eigenvalue weighted by molar-refractivity contribution is 6.29. The number of benzene rings is 1. The lowest BCUT2D eigenvalue weighted by Gasteiger charge is -2.18. The van der Waals surface area contributed by atoms with Crippen LogP contribution in [-0.4, -0.2) is 17.0 Å². The summed E-state index contributed by atoms with van der Waals surface area (Å²) in [5.41, 5.74) is 0.740. The van der Waals surface area contributed by atoms with Crippen LogP contribution in [0.4, 0.5) is 15.9 Å². The van der Waals surface area contributed by atoms with Gasteiger partial charge in [-0.15, -0.1) is 0 Å². The molecule has 2 rings (SSSR count). The molecule has 2 aromatic rings. The molecule has 20 heavy (non-hydrogen) atoms. The van der Waals surface area contributed by atoms with Crippen LogP contribution in [0.3, 0.4) is 0 Å². The average molecular weight is 296 g/mol. The van der Waals surface area contributed by atoms with Crippen molar-refractivity contribution < 1.29 is 9.31 Å². The van der Waals surface area contributed by atoms with Crippen molar-refractivity contribution in [1.29, 1.82) is 0 Å². The Morgan fingerprint density at radius 1 is 1.35 bits per heavy atom. The minimum absolute atomic E-state index is 0.0557. The van der Waals surface area contributed by atoms with Crippen LogP contribution in [0.5, 0.6) is 0 Å². The summed E-state index contributed by atoms with van der Waals surface area (Å²) in [5.74, 6) is 0.0708. The summed E-state index contributed by atoms with van der Waals surface area (Å²) in [5, 5.41) is 10.8. The van der Waals surface area contributed by atoms with Crippen LogP contribution >= 0.6 is 11.6 Å². The molecule has 0 saturated heterocycles. The molecule has 0 radical (unpaired) electrons. The van der Waals surface area contributed by atoms with E-state index in [1.165, 1.54) is 24.3 Å². The fourth-order valence-electron chi connectivity index (χ4n) is 1.72. The summed E-state index contributed by atoms with van der Waals surface area (Å²) in [4.78, 5) is 16.0. The maximum Gasteiger partial charge on any atom is 0.276 e. The van der Waals surface area contributed by atoms with E-state index in [0.717, 1.165) is 5.56 Å². The first-order valence-electron chi connectivity index (χ1n) is 5.73. The van der Waals surface area contributed by atoms with Crippen LogP contribution in [0, 0.1) is 15.9 Å². The lowest BCUT2D eigenvalue weighted by molar-refractivity contribution is -0.384. The smallest absolute Gasteiger partial charge is 0.276 e. The van der Waals surface area contributed by atoms with Crippen LogP contribution in [0.25, 0.3) is 0 Å². The second kappa shape index (κ2) is 5.83. The number of hydrogen-bond acceptors (Lipinski definition) is 4. The summed E-state index contributed by atoms with van der Waals surface area (Å²) in [6.45, 7) is 0.435. The second-order valence-corrected chi connectivity index (χ2v) is 4.63. The third-order valence-electron chi connectivity index (χ3n) is 2.70. The largest absolute Gasteiger partial charge is 0.355 e. The highest BCUT2D eigenvalue weighted by Crippen LogP contribution is 2.23. The molecule has 0 saturated carbocycles. The highest BCUT2D eigenvalue weighted by Gasteiger charge is 2.13. The Morgan fingerprint density at radius 2 is 2.00 bits per heavy atom. The lowest BCUT2D eigenvalue weighted by atomic mass is 10.2. The summed E-state index contributed by atoms with van der Waals surface area (Å²) in [7, 11) is 1.73. The zero-order chi connectivity index (χ0) is 14.7. The van der Waals surface area contributed by atoms with Gasteiger partial charge >= 0.3 is 0 Å². The van der Waals surface area contributed by atoms with Gasteiger partial charge in [-0.2, -0.15) is 0 Å². The molecule has 0 amide bonds. The van der Waals surface area contributed by atoms with E-state index in [2.05, 4.69) is 4.98 Å². The fourth-order valence-corrected chi connectivity index (χ4v) is 1.91. The normalized spacial score (nSPS) is 10.3. The van der Waals surface area contributed by atoms with Gasteiger partial charge in [0.2, 0.25) is 0 Å². The van der Waals surface area contributed by atoms with E-state index in [1.54, 1.807) is 24.1 Å². The molecule has 1 aromatic carbocycles. The Labute approximate surface area is 119 Å². The molecule has 0 aliphatic heterocycles. The number of aromatic nitrogens is 1. The van der Waals surface area contributed by atoms with Gasteiger partial charge in [0.15, 0.2) is 0 Å². The molecule has 0 aliphatic carbocycles. The second-order valence-electron chi connectivity index (χ2n) is 4.25. The van der Waals surface area contributed by atoms with Gasteiger partial charge in [0, 0.05) is 13.6 Å². The van der Waals surface area contributed by atoms with Crippen molar-refractivity contribution in [1.82, 2.24) is 4.98 Å². The molecule has 0 spiro atoms. The van der Waals surface area contributed by atoms with Crippen molar-refractivity contribution in [3.8, 4) is 0 Å². The minimum atomic E-state index is -0.525. The third-order valence-corrected chi connectivity index (χ3v) is 2.89. The van der Waals surface area contributed by atoms with Crippen molar-refractivity contribution in [2.75, 3.05) is 11.9 Å². The van der Waals surface area contributed by atoms with Gasteiger partial charge in [-0.1, -0.05) is 23.7 Å². The first kappa shape index (κ1) is 14.2. The molecular formula is C13H11ClFN3O2. The predicted molar refractivity (Wildman–Crippen MR) is 74.4 cm³/mol. The van der Waals surface area contributed by atoms with E-state index in [-0.39, 0.29) is 16.7 Å². The number of rotatable bonds is 4. The molecule has 0 aliphatic rings. The van der Waals surface area contributed by atoms with Crippen molar-refractivity contribution in [3.05, 3.63) is 63.0 Å². The standard InChI is InChI=1S/C13H11ClFN3O2/c1-17(8-9-2-4-10(15)5-3-9)13-7-11(18(19)20)6-12(14)16-13/h2-7H,8H2,1H3. The maximum atomic E-state index is 12.8. The molecule has 1 aromatic heterocycles. The number of anilines is 1. The van der Waals surface area contributed by atoms with E-state index in [1.807, 2.05) is 0 Å². The summed E-state index contributed by atoms with van der Waals surface area (Å²) < 4.78 is 12.8. The van der Waals surface area contributed by atoms with Crippen LogP contribution < -0.4 is 4.90 Å². The first-order chi connectivity index (χ1) is 9.45. The Kier molecular flexibility index (Phi) is 4.14. The summed E-state index contributed by atoms with van der Waals surface area (Å²) >= 11 is 5.77. The molecule has 0 bridgehead atoms. The lowest BCUT2D eigenvalue weighted by Crippen LogP contribution is -2.17. The fraction of sp³-hybridized carbons (Fsp3) is 0.154. The van der Waals surface area contributed by atoms with Crippen molar-refractivity contribution in [2.24, 2.45) is 0 Å². The van der Waals surface area contributed by atoms with Gasteiger partial charge in [-0.25, -0.2) is 9.37 Å². The molecule has 0 atom stereocenters. The van der Waals surface area contributed by atoms with Crippen LogP contribution in [0.15, 0.2) is 36.4 Å². The van der Waals surface area contributed by atoms with Crippen LogP contribution in [0.1, 0.15) is 5.56 Å². The number of nitrogens with zero attached hydrogens (tertiary/aromatic N) is 3. The molecule has 0 N–H and O–H groups in total. The van der Waals surface area contributed by atoms with Crippen molar-refractivity contribution >= 4 is 23.1 Å². The van der Waals surface area contributed by atoms with Crippen LogP contribution in [-0.2, 0) is 6.54 Å². The summed E-state index contributed by atoms with van der Waals surface area (Å²) in [6.07, 6.45) is 0. The maximum absolute atomic E-state index is 12.8. The molecule has 0 unspecified atom stereocenters. The highest BCUT2D eigenvalue weighted by atomic mass is 35.5. The Bertz CT molecular complexity index is 634. The zero-order valence-corrected chi connectivity index (χ0v) is 11.3. The van der Waals surface area contributed by atoms with E-state index in [4.69, 9.17) is 11.6 Å². The SMILES string of the molecule is CN(Cc1ccc(F)cc1)c1cc([N+](=O)[O-])cc(Cl)n1. The van der Waals surface area contributed by atoms with E-state index < -0.39 is 4.92 Å². The number of hydrogen-bond donors (Lipinski definition) is 0. The summed E-state index contributed by atoms with van der Waals surface area (Å²) in [6, 6.07) is 8.54. The molecule has 5 nitrogen and oxygen atoms in total. The van der Waals surface area contributed by atoms with E-state index in [9.17, 15) is 14.5 Å². The molecule has 104 valence electrons. The van der Waals surface area contributed by atoms with Gasteiger partial charge < -0.3 is 4.90 Å². The van der Waals surface area contributed by atoms with E-state index in [0.29, 0.717) is 12.4 Å². The average Bonchev–Trinajstić information content (AvgIpc) is 2.40. The first-order valence-corrected chi connectivity index (χ1v) is 6.11. The predicted octanol–water partition coefficient (Wildman–Crippen LogP) is 3.42. The molecular weight excluding hydrogens is 285 g/mol. The van der Waals surface area contributed by atoms with Crippen LogP contribution in [0.2, 0.25) is 5.15 Å². The zero-order valence-electron chi connectivity index (χ0n) is 10.6. The van der Waals surface area contributed by atoms with Gasteiger partial charge in [0.1, 0.15) is 16.8 Å². The monoisotopic (exact) mass is 295 g/mol.